The molecule has 2 aromatic rings. The molecule has 1 aliphatic rings. The Hall–Kier alpha value is -0.870. The van der Waals surface area contributed by atoms with Crippen molar-refractivity contribution in [2.24, 2.45) is 5.84 Å². The number of hydrogen-bond donors (Lipinski definition) is 2. The molecule has 0 bridgehead atoms. The van der Waals surface area contributed by atoms with Crippen molar-refractivity contribution in [2.75, 3.05) is 0 Å². The van der Waals surface area contributed by atoms with Crippen LogP contribution in [0.25, 0.3) is 0 Å². The van der Waals surface area contributed by atoms with Crippen LogP contribution in [0.1, 0.15) is 34.4 Å². The Labute approximate surface area is 116 Å². The van der Waals surface area contributed by atoms with Crippen LogP contribution in [-0.2, 0) is 6.42 Å². The molecule has 3 rings (SSSR count). The van der Waals surface area contributed by atoms with E-state index in [-0.39, 0.29) is 6.04 Å². The number of hydrogen-bond acceptors (Lipinski definition) is 3. The third kappa shape index (κ3) is 2.19. The van der Waals surface area contributed by atoms with Crippen LogP contribution in [0.4, 0.5) is 0 Å². The lowest BCUT2D eigenvalue weighted by Crippen LogP contribution is -2.31. The Balaban J connectivity index is 1.73. The van der Waals surface area contributed by atoms with Gasteiger partial charge in [-0.15, -0.1) is 11.3 Å². The minimum atomic E-state index is 0.195. The van der Waals surface area contributed by atoms with Crippen LogP contribution >= 0.6 is 22.9 Å². The van der Waals surface area contributed by atoms with Gasteiger partial charge in [0.25, 0.3) is 0 Å². The molecule has 18 heavy (non-hydrogen) atoms. The second kappa shape index (κ2) is 5.02. The van der Waals surface area contributed by atoms with Crippen LogP contribution in [0.2, 0.25) is 4.34 Å². The molecule has 0 fully saturated rings. The van der Waals surface area contributed by atoms with E-state index in [0.29, 0.717) is 5.92 Å². The SMILES string of the molecule is NNC(CC1Cc2ccccc21)c1ccc(Cl)s1. The lowest BCUT2D eigenvalue weighted by atomic mass is 9.74. The second-order valence-electron chi connectivity index (χ2n) is 4.70. The first-order valence-electron chi connectivity index (χ1n) is 6.07. The third-order valence-electron chi connectivity index (χ3n) is 3.62. The minimum Gasteiger partial charge on any atom is -0.271 e. The lowest BCUT2D eigenvalue weighted by molar-refractivity contribution is 0.440. The number of fused-ring (bicyclic) bond motifs is 1. The molecule has 1 aromatic heterocycles. The smallest absolute Gasteiger partial charge is 0.0931 e. The van der Waals surface area contributed by atoms with Gasteiger partial charge in [0.15, 0.2) is 0 Å². The van der Waals surface area contributed by atoms with E-state index in [2.05, 4.69) is 35.8 Å². The Bertz CT molecular complexity index is 552. The average Bonchev–Trinajstić information content (AvgIpc) is 2.77. The highest BCUT2D eigenvalue weighted by Crippen LogP contribution is 2.41. The number of nitrogens with two attached hydrogens (primary N) is 1. The zero-order valence-corrected chi connectivity index (χ0v) is 11.5. The molecule has 0 radical (unpaired) electrons. The first kappa shape index (κ1) is 12.2. The second-order valence-corrected chi connectivity index (χ2v) is 6.44. The predicted molar refractivity (Wildman–Crippen MR) is 76.9 cm³/mol. The first-order chi connectivity index (χ1) is 8.78. The van der Waals surface area contributed by atoms with Gasteiger partial charge in [0.05, 0.1) is 10.4 Å². The molecule has 94 valence electrons. The maximum Gasteiger partial charge on any atom is 0.0931 e. The Morgan fingerprint density at radius 3 is 2.83 bits per heavy atom. The van der Waals surface area contributed by atoms with Gasteiger partial charge < -0.3 is 0 Å². The van der Waals surface area contributed by atoms with E-state index in [9.17, 15) is 0 Å². The lowest BCUT2D eigenvalue weighted by Gasteiger charge is -2.32. The van der Waals surface area contributed by atoms with E-state index < -0.39 is 0 Å². The molecule has 3 N–H and O–H groups in total. The van der Waals surface area contributed by atoms with Gasteiger partial charge >= 0.3 is 0 Å². The maximum atomic E-state index is 5.98. The number of nitrogens with one attached hydrogen (secondary N) is 1. The predicted octanol–water partition coefficient (Wildman–Crippen LogP) is 3.64. The van der Waals surface area contributed by atoms with Crippen molar-refractivity contribution in [2.45, 2.75) is 24.8 Å². The van der Waals surface area contributed by atoms with Gasteiger partial charge in [0, 0.05) is 4.88 Å². The Kier molecular flexibility index (Phi) is 3.39. The van der Waals surface area contributed by atoms with Crippen molar-refractivity contribution in [3.05, 3.63) is 56.7 Å². The van der Waals surface area contributed by atoms with Crippen LogP contribution in [-0.4, -0.2) is 0 Å². The number of hydrazine groups is 1. The Morgan fingerprint density at radius 2 is 2.17 bits per heavy atom. The molecule has 2 unspecified atom stereocenters. The summed E-state index contributed by atoms with van der Waals surface area (Å²) in [6.07, 6.45) is 2.19. The number of halogens is 1. The molecule has 1 aromatic carbocycles. The van der Waals surface area contributed by atoms with Gasteiger partial charge in [-0.25, -0.2) is 0 Å². The van der Waals surface area contributed by atoms with Crippen molar-refractivity contribution in [1.82, 2.24) is 5.43 Å². The van der Waals surface area contributed by atoms with E-state index in [4.69, 9.17) is 17.4 Å². The molecule has 2 atom stereocenters. The zero-order valence-electron chi connectivity index (χ0n) is 9.90. The summed E-state index contributed by atoms with van der Waals surface area (Å²) in [6, 6.07) is 12.8. The van der Waals surface area contributed by atoms with Crippen LogP contribution < -0.4 is 11.3 Å². The minimum absolute atomic E-state index is 0.195. The average molecular weight is 279 g/mol. The van der Waals surface area contributed by atoms with Crippen molar-refractivity contribution >= 4 is 22.9 Å². The summed E-state index contributed by atoms with van der Waals surface area (Å²) >= 11 is 7.58. The van der Waals surface area contributed by atoms with Crippen molar-refractivity contribution in [3.63, 3.8) is 0 Å². The highest BCUT2D eigenvalue weighted by atomic mass is 35.5. The highest BCUT2D eigenvalue weighted by molar-refractivity contribution is 7.16. The van der Waals surface area contributed by atoms with Gasteiger partial charge in [-0.05, 0) is 42.0 Å². The summed E-state index contributed by atoms with van der Waals surface area (Å²) in [6.45, 7) is 0. The monoisotopic (exact) mass is 278 g/mol. The van der Waals surface area contributed by atoms with Crippen LogP contribution in [0.3, 0.4) is 0 Å². The first-order valence-corrected chi connectivity index (χ1v) is 7.26. The standard InChI is InChI=1S/C14H15ClN2S/c15-14-6-5-13(18-14)12(17-16)8-10-7-9-3-1-2-4-11(9)10/h1-6,10,12,17H,7-8,16H2. The molecule has 0 saturated carbocycles. The molecule has 0 spiro atoms. The van der Waals surface area contributed by atoms with Crippen LogP contribution in [0.5, 0.6) is 0 Å². The van der Waals surface area contributed by atoms with E-state index >= 15 is 0 Å². The highest BCUT2D eigenvalue weighted by Gasteiger charge is 2.28. The Morgan fingerprint density at radius 1 is 1.33 bits per heavy atom. The molecular weight excluding hydrogens is 264 g/mol. The van der Waals surface area contributed by atoms with Crippen molar-refractivity contribution in [1.29, 1.82) is 0 Å². The fourth-order valence-electron chi connectivity index (χ4n) is 2.64. The molecular formula is C14H15ClN2S. The van der Waals surface area contributed by atoms with Crippen molar-refractivity contribution < 1.29 is 0 Å². The van der Waals surface area contributed by atoms with Gasteiger partial charge in [-0.3, -0.25) is 11.3 Å². The number of benzene rings is 1. The van der Waals surface area contributed by atoms with Gasteiger partial charge in [-0.1, -0.05) is 35.9 Å². The summed E-state index contributed by atoms with van der Waals surface area (Å²) in [5.74, 6) is 6.29. The maximum absolute atomic E-state index is 5.98. The zero-order chi connectivity index (χ0) is 12.5. The molecule has 4 heteroatoms. The summed E-state index contributed by atoms with van der Waals surface area (Å²) < 4.78 is 0.819. The summed E-state index contributed by atoms with van der Waals surface area (Å²) in [4.78, 5) is 1.21. The van der Waals surface area contributed by atoms with E-state index in [1.54, 1.807) is 11.3 Å². The van der Waals surface area contributed by atoms with Crippen LogP contribution in [0.15, 0.2) is 36.4 Å². The summed E-state index contributed by atoms with van der Waals surface area (Å²) in [7, 11) is 0. The molecule has 2 nitrogen and oxygen atoms in total. The van der Waals surface area contributed by atoms with Crippen molar-refractivity contribution in [3.8, 4) is 0 Å². The van der Waals surface area contributed by atoms with Crippen LogP contribution in [0, 0.1) is 0 Å². The molecule has 0 aliphatic heterocycles. The van der Waals surface area contributed by atoms with Gasteiger partial charge in [-0.2, -0.15) is 0 Å². The van der Waals surface area contributed by atoms with Gasteiger partial charge in [0.2, 0.25) is 0 Å². The normalized spacial score (nSPS) is 19.1. The fraction of sp³-hybridized carbons (Fsp3) is 0.286. The molecule has 0 amide bonds. The van der Waals surface area contributed by atoms with Gasteiger partial charge in [0.1, 0.15) is 0 Å². The van der Waals surface area contributed by atoms with E-state index in [0.717, 1.165) is 17.2 Å². The van der Waals surface area contributed by atoms with E-state index in [1.807, 2.05) is 6.07 Å². The largest absolute Gasteiger partial charge is 0.271 e. The topological polar surface area (TPSA) is 38.0 Å². The molecule has 1 heterocycles. The molecule has 0 saturated heterocycles. The quantitative estimate of drug-likeness (QED) is 0.662. The summed E-state index contributed by atoms with van der Waals surface area (Å²) in [5, 5.41) is 0. The third-order valence-corrected chi connectivity index (χ3v) is 4.96. The number of rotatable bonds is 4. The van der Waals surface area contributed by atoms with E-state index in [1.165, 1.54) is 16.0 Å². The number of thiophene rings is 1. The summed E-state index contributed by atoms with van der Waals surface area (Å²) in [5.41, 5.74) is 5.86. The molecule has 1 aliphatic carbocycles. The fourth-order valence-corrected chi connectivity index (χ4v) is 3.77.